The van der Waals surface area contributed by atoms with Gasteiger partial charge in [0.05, 0.1) is 10.6 Å². The molecule has 2 fully saturated rings. The van der Waals surface area contributed by atoms with E-state index in [4.69, 9.17) is 11.6 Å². The average Bonchev–Trinajstić information content (AvgIpc) is 2.88. The standard InChI is InChI=1S/C14H16ClFN2O/c15-11-3-1-2-10(13(11)16)14(19)18-7-5-12-9(8-18)4-6-17-12/h1-3,9,12,17H,4-8H2. The lowest BCUT2D eigenvalue weighted by atomic mass is 9.93. The largest absolute Gasteiger partial charge is 0.338 e. The first kappa shape index (κ1) is 12.9. The normalized spacial score (nSPS) is 26.3. The topological polar surface area (TPSA) is 32.3 Å². The van der Waals surface area contributed by atoms with Crippen LogP contribution in [0.3, 0.4) is 0 Å². The van der Waals surface area contributed by atoms with Crippen LogP contribution in [0.1, 0.15) is 23.2 Å². The Morgan fingerprint density at radius 3 is 3.11 bits per heavy atom. The average molecular weight is 283 g/mol. The minimum Gasteiger partial charge on any atom is -0.338 e. The molecule has 0 radical (unpaired) electrons. The molecule has 2 unspecified atom stereocenters. The van der Waals surface area contributed by atoms with Crippen molar-refractivity contribution in [3.63, 3.8) is 0 Å². The highest BCUT2D eigenvalue weighted by molar-refractivity contribution is 6.31. The third-order valence-electron chi connectivity index (χ3n) is 4.12. The van der Waals surface area contributed by atoms with Gasteiger partial charge in [-0.3, -0.25) is 4.79 Å². The summed E-state index contributed by atoms with van der Waals surface area (Å²) < 4.78 is 13.9. The SMILES string of the molecule is O=C(c1cccc(Cl)c1F)N1CCC2NCCC2C1. The van der Waals surface area contributed by atoms with Gasteiger partial charge in [0.1, 0.15) is 0 Å². The summed E-state index contributed by atoms with van der Waals surface area (Å²) in [6.45, 7) is 2.41. The van der Waals surface area contributed by atoms with Crippen molar-refractivity contribution in [2.75, 3.05) is 19.6 Å². The van der Waals surface area contributed by atoms with Crippen LogP contribution in [0.4, 0.5) is 4.39 Å². The summed E-state index contributed by atoms with van der Waals surface area (Å²) in [5.41, 5.74) is 0.0805. The zero-order valence-corrected chi connectivity index (χ0v) is 11.3. The summed E-state index contributed by atoms with van der Waals surface area (Å²) in [7, 11) is 0. The van der Waals surface area contributed by atoms with E-state index in [1.54, 1.807) is 11.0 Å². The van der Waals surface area contributed by atoms with Crippen molar-refractivity contribution in [3.8, 4) is 0 Å². The molecule has 0 spiro atoms. The number of benzene rings is 1. The Morgan fingerprint density at radius 1 is 1.42 bits per heavy atom. The van der Waals surface area contributed by atoms with Gasteiger partial charge in [-0.15, -0.1) is 0 Å². The Morgan fingerprint density at radius 2 is 2.26 bits per heavy atom. The Hall–Kier alpha value is -1.13. The number of hydrogen-bond acceptors (Lipinski definition) is 2. The predicted molar refractivity (Wildman–Crippen MR) is 71.8 cm³/mol. The van der Waals surface area contributed by atoms with Crippen LogP contribution >= 0.6 is 11.6 Å². The van der Waals surface area contributed by atoms with Crippen LogP contribution in [0.2, 0.25) is 5.02 Å². The van der Waals surface area contributed by atoms with Crippen LogP contribution in [0.5, 0.6) is 0 Å². The number of amides is 1. The van der Waals surface area contributed by atoms with Crippen LogP contribution in [0, 0.1) is 11.7 Å². The number of rotatable bonds is 1. The van der Waals surface area contributed by atoms with Gasteiger partial charge >= 0.3 is 0 Å². The number of nitrogens with one attached hydrogen (secondary N) is 1. The van der Waals surface area contributed by atoms with Crippen molar-refractivity contribution in [2.24, 2.45) is 5.92 Å². The molecule has 0 aliphatic carbocycles. The predicted octanol–water partition coefficient (Wildman–Crippen LogP) is 2.30. The highest BCUT2D eigenvalue weighted by Gasteiger charge is 2.35. The summed E-state index contributed by atoms with van der Waals surface area (Å²) in [6, 6.07) is 5.10. The van der Waals surface area contributed by atoms with Crippen LogP contribution in [-0.2, 0) is 0 Å². The first-order valence-corrected chi connectivity index (χ1v) is 7.01. The number of likely N-dealkylation sites (tertiary alicyclic amines) is 1. The number of halogens is 2. The van der Waals surface area contributed by atoms with Crippen LogP contribution in [0.25, 0.3) is 0 Å². The number of carbonyl (C=O) groups excluding carboxylic acids is 1. The van der Waals surface area contributed by atoms with E-state index in [1.807, 2.05) is 0 Å². The number of piperidine rings is 1. The fraction of sp³-hybridized carbons (Fsp3) is 0.500. The zero-order valence-electron chi connectivity index (χ0n) is 10.5. The summed E-state index contributed by atoms with van der Waals surface area (Å²) in [6.07, 6.45) is 2.03. The molecule has 1 N–H and O–H groups in total. The zero-order chi connectivity index (χ0) is 13.4. The number of nitrogens with zero attached hydrogens (tertiary/aromatic N) is 1. The van der Waals surface area contributed by atoms with Gasteiger partial charge in [0, 0.05) is 19.1 Å². The molecule has 2 atom stereocenters. The highest BCUT2D eigenvalue weighted by Crippen LogP contribution is 2.27. The minimum atomic E-state index is -0.610. The lowest BCUT2D eigenvalue weighted by molar-refractivity contribution is 0.0657. The molecule has 1 aromatic carbocycles. The highest BCUT2D eigenvalue weighted by atomic mass is 35.5. The van der Waals surface area contributed by atoms with Gasteiger partial charge < -0.3 is 10.2 Å². The Labute approximate surface area is 116 Å². The second kappa shape index (κ2) is 5.10. The van der Waals surface area contributed by atoms with Gasteiger partial charge in [0.25, 0.3) is 5.91 Å². The van der Waals surface area contributed by atoms with E-state index >= 15 is 0 Å². The number of carbonyl (C=O) groups is 1. The molecule has 102 valence electrons. The summed E-state index contributed by atoms with van der Waals surface area (Å²) >= 11 is 5.73. The number of fused-ring (bicyclic) bond motifs is 1. The first-order chi connectivity index (χ1) is 9.16. The smallest absolute Gasteiger partial charge is 0.256 e. The summed E-state index contributed by atoms with van der Waals surface area (Å²) in [4.78, 5) is 14.1. The van der Waals surface area contributed by atoms with Crippen molar-refractivity contribution >= 4 is 17.5 Å². The fourth-order valence-electron chi connectivity index (χ4n) is 3.07. The van der Waals surface area contributed by atoms with Crippen LogP contribution in [0.15, 0.2) is 18.2 Å². The minimum absolute atomic E-state index is 0.00303. The van der Waals surface area contributed by atoms with E-state index < -0.39 is 5.82 Å². The molecular weight excluding hydrogens is 267 g/mol. The van der Waals surface area contributed by atoms with Crippen molar-refractivity contribution < 1.29 is 9.18 Å². The molecule has 0 aromatic heterocycles. The molecule has 0 bridgehead atoms. The molecule has 2 aliphatic heterocycles. The van der Waals surface area contributed by atoms with E-state index in [-0.39, 0.29) is 16.5 Å². The van der Waals surface area contributed by atoms with Gasteiger partial charge in [-0.1, -0.05) is 17.7 Å². The maximum absolute atomic E-state index is 13.9. The summed E-state index contributed by atoms with van der Waals surface area (Å²) in [5, 5.41) is 3.45. The number of hydrogen-bond donors (Lipinski definition) is 1. The van der Waals surface area contributed by atoms with Crippen molar-refractivity contribution in [1.82, 2.24) is 10.2 Å². The van der Waals surface area contributed by atoms with Gasteiger partial charge in [-0.25, -0.2) is 4.39 Å². The van der Waals surface area contributed by atoms with Crippen LogP contribution in [-0.4, -0.2) is 36.5 Å². The Kier molecular flexibility index (Phi) is 3.46. The molecule has 3 rings (SSSR count). The lowest BCUT2D eigenvalue weighted by Crippen LogP contribution is -2.47. The van der Waals surface area contributed by atoms with E-state index in [0.29, 0.717) is 25.0 Å². The molecule has 19 heavy (non-hydrogen) atoms. The van der Waals surface area contributed by atoms with Gasteiger partial charge in [0.15, 0.2) is 5.82 Å². The molecule has 2 aliphatic rings. The molecule has 2 saturated heterocycles. The maximum Gasteiger partial charge on any atom is 0.256 e. The Bertz CT molecular complexity index is 508. The lowest BCUT2D eigenvalue weighted by Gasteiger charge is -2.35. The van der Waals surface area contributed by atoms with E-state index in [1.165, 1.54) is 12.1 Å². The second-order valence-electron chi connectivity index (χ2n) is 5.25. The second-order valence-corrected chi connectivity index (χ2v) is 5.66. The fourth-order valence-corrected chi connectivity index (χ4v) is 3.25. The molecule has 1 amide bonds. The molecule has 2 heterocycles. The molecule has 1 aromatic rings. The Balaban J connectivity index is 1.79. The van der Waals surface area contributed by atoms with Crippen molar-refractivity contribution in [3.05, 3.63) is 34.6 Å². The van der Waals surface area contributed by atoms with Crippen molar-refractivity contribution in [2.45, 2.75) is 18.9 Å². The maximum atomic E-state index is 13.9. The summed E-state index contributed by atoms with van der Waals surface area (Å²) in [5.74, 6) is -0.355. The van der Waals surface area contributed by atoms with E-state index in [9.17, 15) is 9.18 Å². The third kappa shape index (κ3) is 2.35. The molecular formula is C14H16ClFN2O. The molecule has 0 saturated carbocycles. The van der Waals surface area contributed by atoms with Crippen molar-refractivity contribution in [1.29, 1.82) is 0 Å². The third-order valence-corrected chi connectivity index (χ3v) is 4.42. The first-order valence-electron chi connectivity index (χ1n) is 6.63. The van der Waals surface area contributed by atoms with Gasteiger partial charge in [-0.05, 0) is 37.4 Å². The van der Waals surface area contributed by atoms with Gasteiger partial charge in [0.2, 0.25) is 0 Å². The van der Waals surface area contributed by atoms with Gasteiger partial charge in [-0.2, -0.15) is 0 Å². The van der Waals surface area contributed by atoms with E-state index in [2.05, 4.69) is 5.32 Å². The molecule has 5 heteroatoms. The van der Waals surface area contributed by atoms with E-state index in [0.717, 1.165) is 19.4 Å². The molecule has 3 nitrogen and oxygen atoms in total. The van der Waals surface area contributed by atoms with Crippen LogP contribution < -0.4 is 5.32 Å². The monoisotopic (exact) mass is 282 g/mol. The quantitative estimate of drug-likeness (QED) is 0.857.